The summed E-state index contributed by atoms with van der Waals surface area (Å²) in [5.74, 6) is 0.919. The maximum Gasteiger partial charge on any atom is 0.253 e. The molecule has 2 heterocycles. The SMILES string of the molecule is CCCNc1ncc(C(=O)NCc2cc(C)no2)cc1Cl. The van der Waals surface area contributed by atoms with E-state index in [1.54, 1.807) is 12.1 Å². The Labute approximate surface area is 127 Å². The van der Waals surface area contributed by atoms with Crippen LogP contribution in [0.5, 0.6) is 0 Å². The summed E-state index contributed by atoms with van der Waals surface area (Å²) < 4.78 is 5.02. The van der Waals surface area contributed by atoms with Crippen LogP contribution in [-0.2, 0) is 6.54 Å². The minimum Gasteiger partial charge on any atom is -0.369 e. The number of anilines is 1. The molecule has 1 amide bonds. The highest BCUT2D eigenvalue weighted by Crippen LogP contribution is 2.20. The fourth-order valence-electron chi connectivity index (χ4n) is 1.70. The summed E-state index contributed by atoms with van der Waals surface area (Å²) in [6.07, 6.45) is 2.46. The Bertz CT molecular complexity index is 627. The summed E-state index contributed by atoms with van der Waals surface area (Å²) in [4.78, 5) is 16.2. The van der Waals surface area contributed by atoms with Gasteiger partial charge in [-0.25, -0.2) is 4.98 Å². The predicted octanol–water partition coefficient (Wildman–Crippen LogP) is 2.78. The Hall–Kier alpha value is -2.08. The van der Waals surface area contributed by atoms with Crippen molar-refractivity contribution < 1.29 is 9.32 Å². The van der Waals surface area contributed by atoms with Crippen molar-refractivity contribution in [2.45, 2.75) is 26.8 Å². The number of halogens is 1. The number of rotatable bonds is 6. The molecule has 21 heavy (non-hydrogen) atoms. The molecule has 7 heteroatoms. The van der Waals surface area contributed by atoms with Gasteiger partial charge in [0.2, 0.25) is 0 Å². The molecule has 0 aliphatic heterocycles. The first-order valence-corrected chi connectivity index (χ1v) is 7.07. The van der Waals surface area contributed by atoms with Crippen molar-refractivity contribution in [3.05, 3.63) is 40.4 Å². The van der Waals surface area contributed by atoms with E-state index in [0.29, 0.717) is 22.2 Å². The van der Waals surface area contributed by atoms with Crippen molar-refractivity contribution in [1.82, 2.24) is 15.5 Å². The molecule has 0 radical (unpaired) electrons. The zero-order chi connectivity index (χ0) is 15.2. The molecule has 2 aromatic heterocycles. The lowest BCUT2D eigenvalue weighted by Gasteiger charge is -2.08. The third-order valence-corrected chi connectivity index (χ3v) is 3.03. The number of aryl methyl sites for hydroxylation is 1. The van der Waals surface area contributed by atoms with E-state index in [2.05, 4.69) is 20.8 Å². The second-order valence-electron chi connectivity index (χ2n) is 4.60. The molecule has 0 fully saturated rings. The van der Waals surface area contributed by atoms with Gasteiger partial charge in [-0.1, -0.05) is 23.7 Å². The topological polar surface area (TPSA) is 80.0 Å². The van der Waals surface area contributed by atoms with Crippen molar-refractivity contribution >= 4 is 23.3 Å². The number of carbonyl (C=O) groups excluding carboxylic acids is 1. The van der Waals surface area contributed by atoms with Gasteiger partial charge in [0.25, 0.3) is 5.91 Å². The minimum absolute atomic E-state index is 0.263. The largest absolute Gasteiger partial charge is 0.369 e. The maximum absolute atomic E-state index is 12.0. The highest BCUT2D eigenvalue weighted by Gasteiger charge is 2.10. The number of pyridine rings is 1. The molecule has 2 N–H and O–H groups in total. The molecule has 6 nitrogen and oxygen atoms in total. The van der Waals surface area contributed by atoms with E-state index in [4.69, 9.17) is 16.1 Å². The molecule has 2 rings (SSSR count). The van der Waals surface area contributed by atoms with E-state index < -0.39 is 0 Å². The monoisotopic (exact) mass is 308 g/mol. The molecule has 0 bridgehead atoms. The zero-order valence-corrected chi connectivity index (χ0v) is 12.7. The lowest BCUT2D eigenvalue weighted by molar-refractivity contribution is 0.0946. The van der Waals surface area contributed by atoms with Gasteiger partial charge in [0.05, 0.1) is 22.8 Å². The van der Waals surface area contributed by atoms with Crippen LogP contribution in [0.2, 0.25) is 5.02 Å². The number of hydrogen-bond donors (Lipinski definition) is 2. The summed E-state index contributed by atoms with van der Waals surface area (Å²) in [5.41, 5.74) is 1.17. The Morgan fingerprint density at radius 3 is 2.86 bits per heavy atom. The molecule has 0 saturated heterocycles. The second kappa shape index (κ2) is 7.08. The summed E-state index contributed by atoms with van der Waals surface area (Å²) in [7, 11) is 0. The van der Waals surface area contributed by atoms with Crippen molar-refractivity contribution in [3.8, 4) is 0 Å². The van der Waals surface area contributed by atoms with Gasteiger partial charge < -0.3 is 15.2 Å². The van der Waals surface area contributed by atoms with Crippen LogP contribution < -0.4 is 10.6 Å². The molecule has 0 aromatic carbocycles. The van der Waals surface area contributed by atoms with Crippen LogP contribution in [0.15, 0.2) is 22.9 Å². The molecule has 0 spiro atoms. The normalized spacial score (nSPS) is 10.4. The van der Waals surface area contributed by atoms with E-state index in [9.17, 15) is 4.79 Å². The van der Waals surface area contributed by atoms with Crippen LogP contribution >= 0.6 is 11.6 Å². The van der Waals surface area contributed by atoms with Gasteiger partial charge >= 0.3 is 0 Å². The third kappa shape index (κ3) is 4.19. The van der Waals surface area contributed by atoms with Gasteiger partial charge in [-0.2, -0.15) is 0 Å². The Balaban J connectivity index is 1.97. The highest BCUT2D eigenvalue weighted by molar-refractivity contribution is 6.33. The van der Waals surface area contributed by atoms with Gasteiger partial charge in [-0.15, -0.1) is 0 Å². The summed E-state index contributed by atoms with van der Waals surface area (Å²) in [5, 5.41) is 9.99. The fraction of sp³-hybridized carbons (Fsp3) is 0.357. The number of carbonyl (C=O) groups is 1. The van der Waals surface area contributed by atoms with E-state index >= 15 is 0 Å². The van der Waals surface area contributed by atoms with Crippen molar-refractivity contribution in [2.24, 2.45) is 0 Å². The van der Waals surface area contributed by atoms with Crippen molar-refractivity contribution in [3.63, 3.8) is 0 Å². The van der Waals surface area contributed by atoms with Crippen LogP contribution in [0.4, 0.5) is 5.82 Å². The smallest absolute Gasteiger partial charge is 0.253 e. The first kappa shape index (κ1) is 15.3. The molecule has 0 saturated carbocycles. The van der Waals surface area contributed by atoms with Gasteiger partial charge in [-0.05, 0) is 19.4 Å². The standard InChI is InChI=1S/C14H17ClN4O2/c1-3-4-16-13-12(15)6-10(7-17-13)14(20)18-8-11-5-9(2)19-21-11/h5-7H,3-4,8H2,1-2H3,(H,16,17)(H,18,20). The zero-order valence-electron chi connectivity index (χ0n) is 11.9. The first-order valence-electron chi connectivity index (χ1n) is 6.70. The van der Waals surface area contributed by atoms with E-state index in [1.807, 2.05) is 13.8 Å². The van der Waals surface area contributed by atoms with Gasteiger partial charge in [0.15, 0.2) is 5.76 Å². The van der Waals surface area contributed by atoms with E-state index in [1.165, 1.54) is 6.20 Å². The molecule has 0 aliphatic carbocycles. The quantitative estimate of drug-likeness (QED) is 0.857. The lowest BCUT2D eigenvalue weighted by Crippen LogP contribution is -2.22. The molecular formula is C14H17ClN4O2. The minimum atomic E-state index is -0.263. The molecule has 0 atom stereocenters. The number of hydrogen-bond acceptors (Lipinski definition) is 5. The van der Waals surface area contributed by atoms with Crippen LogP contribution in [0, 0.1) is 6.92 Å². The van der Waals surface area contributed by atoms with Gasteiger partial charge in [-0.3, -0.25) is 4.79 Å². The summed E-state index contributed by atoms with van der Waals surface area (Å²) >= 11 is 6.10. The first-order chi connectivity index (χ1) is 10.1. The molecule has 0 aliphatic rings. The number of amides is 1. The van der Waals surface area contributed by atoms with Gasteiger partial charge in [0, 0.05) is 18.8 Å². The molecule has 2 aromatic rings. The second-order valence-corrected chi connectivity index (χ2v) is 5.01. The highest BCUT2D eigenvalue weighted by atomic mass is 35.5. The van der Waals surface area contributed by atoms with Crippen LogP contribution in [0.1, 0.15) is 35.2 Å². The predicted molar refractivity (Wildman–Crippen MR) is 80.4 cm³/mol. The molecule has 112 valence electrons. The van der Waals surface area contributed by atoms with E-state index in [-0.39, 0.29) is 12.5 Å². The summed E-state index contributed by atoms with van der Waals surface area (Å²) in [6.45, 7) is 4.92. The number of nitrogens with one attached hydrogen (secondary N) is 2. The number of aromatic nitrogens is 2. The fourth-order valence-corrected chi connectivity index (χ4v) is 1.94. The number of nitrogens with zero attached hydrogens (tertiary/aromatic N) is 2. The Kier molecular flexibility index (Phi) is 5.16. The van der Waals surface area contributed by atoms with E-state index in [0.717, 1.165) is 18.7 Å². The van der Waals surface area contributed by atoms with Crippen molar-refractivity contribution in [1.29, 1.82) is 0 Å². The maximum atomic E-state index is 12.0. The average molecular weight is 309 g/mol. The van der Waals surface area contributed by atoms with Crippen molar-refractivity contribution in [2.75, 3.05) is 11.9 Å². The summed E-state index contributed by atoms with van der Waals surface area (Å²) in [6, 6.07) is 3.36. The average Bonchev–Trinajstić information content (AvgIpc) is 2.89. The van der Waals surface area contributed by atoms with Crippen LogP contribution in [0.3, 0.4) is 0 Å². The molecular weight excluding hydrogens is 292 g/mol. The lowest BCUT2D eigenvalue weighted by atomic mass is 10.2. The third-order valence-electron chi connectivity index (χ3n) is 2.75. The molecule has 0 unspecified atom stereocenters. The Morgan fingerprint density at radius 2 is 2.24 bits per heavy atom. The van der Waals surface area contributed by atoms with Gasteiger partial charge in [0.1, 0.15) is 5.82 Å². The Morgan fingerprint density at radius 1 is 1.43 bits per heavy atom. The van der Waals surface area contributed by atoms with Crippen LogP contribution in [0.25, 0.3) is 0 Å². The van der Waals surface area contributed by atoms with Crippen LogP contribution in [-0.4, -0.2) is 22.6 Å².